The van der Waals surface area contributed by atoms with Gasteiger partial charge in [-0.15, -0.1) is 0 Å². The fraction of sp³-hybridized carbons (Fsp3) is 0.188. The van der Waals surface area contributed by atoms with Gasteiger partial charge in [0.2, 0.25) is 0 Å². The van der Waals surface area contributed by atoms with Crippen molar-refractivity contribution in [3.8, 4) is 11.5 Å². The number of benzene rings is 2. The summed E-state index contributed by atoms with van der Waals surface area (Å²) in [6, 6.07) is 5.65. The summed E-state index contributed by atoms with van der Waals surface area (Å²) in [5, 5.41) is 2.52. The van der Waals surface area contributed by atoms with E-state index in [9.17, 15) is 13.6 Å². The minimum Gasteiger partial charge on any atom is -0.489 e. The van der Waals surface area contributed by atoms with E-state index in [0.717, 1.165) is 18.2 Å². The predicted octanol–water partition coefficient (Wildman–Crippen LogP) is 4.03. The Hall–Kier alpha value is -2.34. The van der Waals surface area contributed by atoms with Gasteiger partial charge in [-0.2, -0.15) is 0 Å². The number of halogens is 3. The molecule has 7 heteroatoms. The molecule has 2 aromatic rings. The van der Waals surface area contributed by atoms with Crippen LogP contribution in [-0.4, -0.2) is 19.1 Å². The highest BCUT2D eigenvalue weighted by molar-refractivity contribution is 6.32. The van der Waals surface area contributed by atoms with Crippen molar-refractivity contribution in [1.29, 1.82) is 0 Å². The zero-order valence-corrected chi connectivity index (χ0v) is 12.6. The standard InChI is InChI=1S/C16H12ClF2NO3/c17-11-6-9(7-14-15(11)23-5-1-4-22-14)16(21)20-13-8-10(18)2-3-12(13)19/h2-3,6-8H,1,4-5H2,(H,20,21). The van der Waals surface area contributed by atoms with Crippen molar-refractivity contribution < 1.29 is 23.0 Å². The Balaban J connectivity index is 1.89. The third kappa shape index (κ3) is 3.37. The smallest absolute Gasteiger partial charge is 0.255 e. The molecule has 0 fully saturated rings. The van der Waals surface area contributed by atoms with Gasteiger partial charge in [-0.3, -0.25) is 4.79 Å². The van der Waals surface area contributed by atoms with Gasteiger partial charge >= 0.3 is 0 Å². The van der Waals surface area contributed by atoms with Gasteiger partial charge in [-0.25, -0.2) is 8.78 Å². The van der Waals surface area contributed by atoms with Crippen molar-refractivity contribution in [2.45, 2.75) is 6.42 Å². The van der Waals surface area contributed by atoms with Gasteiger partial charge in [-0.1, -0.05) is 11.6 Å². The third-order valence-corrected chi connectivity index (χ3v) is 3.52. The zero-order chi connectivity index (χ0) is 16.4. The van der Waals surface area contributed by atoms with Crippen molar-refractivity contribution >= 4 is 23.2 Å². The molecule has 0 atom stereocenters. The molecule has 1 aliphatic heterocycles. The number of fused-ring (bicyclic) bond motifs is 1. The molecule has 0 spiro atoms. The fourth-order valence-corrected chi connectivity index (χ4v) is 2.41. The largest absolute Gasteiger partial charge is 0.489 e. The minimum atomic E-state index is -0.736. The number of carbonyl (C=O) groups excluding carboxylic acids is 1. The number of hydrogen-bond donors (Lipinski definition) is 1. The Bertz CT molecular complexity index is 767. The maximum atomic E-state index is 13.6. The van der Waals surface area contributed by atoms with Crippen LogP contribution in [0.5, 0.6) is 11.5 Å². The first-order chi connectivity index (χ1) is 11.0. The minimum absolute atomic E-state index is 0.155. The number of nitrogens with one attached hydrogen (secondary N) is 1. The Labute approximate surface area is 136 Å². The summed E-state index contributed by atoms with van der Waals surface area (Å²) in [5.74, 6) is -1.30. The molecular formula is C16H12ClF2NO3. The average molecular weight is 340 g/mol. The van der Waals surface area contributed by atoms with Crippen molar-refractivity contribution in [1.82, 2.24) is 0 Å². The third-order valence-electron chi connectivity index (χ3n) is 3.24. The fourth-order valence-electron chi connectivity index (χ4n) is 2.15. The topological polar surface area (TPSA) is 47.6 Å². The molecular weight excluding hydrogens is 328 g/mol. The SMILES string of the molecule is O=C(Nc1cc(F)ccc1F)c1cc(Cl)c2c(c1)OCCCO2. The van der Waals surface area contributed by atoms with Crippen LogP contribution < -0.4 is 14.8 Å². The van der Waals surface area contributed by atoms with E-state index in [0.29, 0.717) is 31.1 Å². The Kier molecular flexibility index (Phi) is 4.34. The van der Waals surface area contributed by atoms with Crippen molar-refractivity contribution in [3.05, 3.63) is 52.6 Å². The van der Waals surface area contributed by atoms with Gasteiger partial charge in [-0.05, 0) is 24.3 Å². The van der Waals surface area contributed by atoms with E-state index in [1.165, 1.54) is 12.1 Å². The van der Waals surface area contributed by atoms with Gasteiger partial charge in [0.25, 0.3) is 5.91 Å². The number of anilines is 1. The lowest BCUT2D eigenvalue weighted by Gasteiger charge is -2.12. The van der Waals surface area contributed by atoms with E-state index < -0.39 is 17.5 Å². The molecule has 0 saturated carbocycles. The van der Waals surface area contributed by atoms with Crippen LogP contribution in [0.15, 0.2) is 30.3 Å². The molecule has 0 saturated heterocycles. The second kappa shape index (κ2) is 6.42. The summed E-state index contributed by atoms with van der Waals surface area (Å²) in [7, 11) is 0. The highest BCUT2D eigenvalue weighted by Crippen LogP contribution is 2.38. The van der Waals surface area contributed by atoms with Crippen molar-refractivity contribution in [2.24, 2.45) is 0 Å². The number of hydrogen-bond acceptors (Lipinski definition) is 3. The molecule has 0 bridgehead atoms. The Morgan fingerprint density at radius 1 is 1.13 bits per heavy atom. The normalized spacial score (nSPS) is 13.3. The van der Waals surface area contributed by atoms with Gasteiger partial charge < -0.3 is 14.8 Å². The van der Waals surface area contributed by atoms with Crippen LogP contribution in [0.2, 0.25) is 5.02 Å². The second-order valence-corrected chi connectivity index (χ2v) is 5.32. The van der Waals surface area contributed by atoms with E-state index in [1.807, 2.05) is 0 Å². The average Bonchev–Trinajstić information content (AvgIpc) is 2.76. The molecule has 2 aromatic carbocycles. The van der Waals surface area contributed by atoms with Crippen LogP contribution in [0.25, 0.3) is 0 Å². The summed E-state index contributed by atoms with van der Waals surface area (Å²) in [6.45, 7) is 0.902. The summed E-state index contributed by atoms with van der Waals surface area (Å²) >= 11 is 6.10. The van der Waals surface area contributed by atoms with Crippen LogP contribution in [0.4, 0.5) is 14.5 Å². The maximum Gasteiger partial charge on any atom is 0.255 e. The number of amides is 1. The quantitative estimate of drug-likeness (QED) is 0.898. The lowest BCUT2D eigenvalue weighted by molar-refractivity contribution is 0.102. The molecule has 1 aliphatic rings. The summed E-state index contributed by atoms with van der Waals surface area (Å²) in [4.78, 5) is 12.2. The lowest BCUT2D eigenvalue weighted by atomic mass is 10.1. The van der Waals surface area contributed by atoms with Gasteiger partial charge in [0.05, 0.1) is 23.9 Å². The van der Waals surface area contributed by atoms with Gasteiger partial charge in [0, 0.05) is 18.1 Å². The van der Waals surface area contributed by atoms with Gasteiger partial charge in [0.1, 0.15) is 11.6 Å². The van der Waals surface area contributed by atoms with Crippen LogP contribution in [0, 0.1) is 11.6 Å². The van der Waals surface area contributed by atoms with Crippen LogP contribution in [0.3, 0.4) is 0 Å². The number of rotatable bonds is 2. The molecule has 0 unspecified atom stereocenters. The summed E-state index contributed by atoms with van der Waals surface area (Å²) in [6.07, 6.45) is 0.695. The molecule has 23 heavy (non-hydrogen) atoms. The molecule has 1 amide bonds. The molecule has 1 N–H and O–H groups in total. The maximum absolute atomic E-state index is 13.6. The van der Waals surface area contributed by atoms with Crippen LogP contribution in [0.1, 0.15) is 16.8 Å². The van der Waals surface area contributed by atoms with E-state index in [4.69, 9.17) is 21.1 Å². The number of carbonyl (C=O) groups is 1. The predicted molar refractivity (Wildman–Crippen MR) is 81.4 cm³/mol. The Morgan fingerprint density at radius 2 is 1.91 bits per heavy atom. The molecule has 120 valence electrons. The van der Waals surface area contributed by atoms with E-state index in [-0.39, 0.29) is 16.3 Å². The molecule has 0 aromatic heterocycles. The van der Waals surface area contributed by atoms with Crippen molar-refractivity contribution in [3.63, 3.8) is 0 Å². The molecule has 1 heterocycles. The van der Waals surface area contributed by atoms with E-state index in [1.54, 1.807) is 0 Å². The lowest BCUT2D eigenvalue weighted by Crippen LogP contribution is -2.13. The first kappa shape index (κ1) is 15.6. The monoisotopic (exact) mass is 339 g/mol. The zero-order valence-electron chi connectivity index (χ0n) is 11.9. The summed E-state index contributed by atoms with van der Waals surface area (Å²) < 4.78 is 37.7. The van der Waals surface area contributed by atoms with Crippen molar-refractivity contribution in [2.75, 3.05) is 18.5 Å². The van der Waals surface area contributed by atoms with E-state index >= 15 is 0 Å². The second-order valence-electron chi connectivity index (χ2n) is 4.91. The highest BCUT2D eigenvalue weighted by atomic mass is 35.5. The van der Waals surface area contributed by atoms with Crippen LogP contribution >= 0.6 is 11.6 Å². The molecule has 4 nitrogen and oxygen atoms in total. The highest BCUT2D eigenvalue weighted by Gasteiger charge is 2.19. The molecule has 3 rings (SSSR count). The van der Waals surface area contributed by atoms with Gasteiger partial charge in [0.15, 0.2) is 11.5 Å². The Morgan fingerprint density at radius 3 is 2.74 bits per heavy atom. The summed E-state index contributed by atoms with van der Waals surface area (Å²) in [5.41, 5.74) is -0.0962. The molecule has 0 aliphatic carbocycles. The first-order valence-electron chi connectivity index (χ1n) is 6.90. The first-order valence-corrected chi connectivity index (χ1v) is 7.28. The molecule has 0 radical (unpaired) electrons. The number of ether oxygens (including phenoxy) is 2. The van der Waals surface area contributed by atoms with E-state index in [2.05, 4.69) is 5.32 Å². The van der Waals surface area contributed by atoms with Crippen LogP contribution in [-0.2, 0) is 0 Å².